The smallest absolute Gasteiger partial charge is 0.341 e. The van der Waals surface area contributed by atoms with Crippen LogP contribution in [-0.4, -0.2) is 60.3 Å². The Hall–Kier alpha value is -1.82. The standard InChI is InChI=1S/C21H25BrN2O6S2/c1-3-29-21-18(22)10-17(11-23-21)32(27,28)24-8-4-5-15(24)13-31-16-6-7-19(14(2)9-16)30-12-20(25)26/h6-7,9-11,15H,3-5,8,12-13H2,1-2H3,(H,25,26). The van der Waals surface area contributed by atoms with Crippen LogP contribution in [0.1, 0.15) is 25.3 Å². The molecule has 0 saturated carbocycles. The first kappa shape index (κ1) is 24.8. The zero-order valence-corrected chi connectivity index (χ0v) is 21.0. The summed E-state index contributed by atoms with van der Waals surface area (Å²) in [5.74, 6) is 0.473. The third kappa shape index (κ3) is 5.94. The fourth-order valence-electron chi connectivity index (χ4n) is 3.42. The predicted molar refractivity (Wildman–Crippen MR) is 125 cm³/mol. The van der Waals surface area contributed by atoms with Gasteiger partial charge in [0.05, 0.1) is 17.3 Å². The monoisotopic (exact) mass is 544 g/mol. The molecule has 1 saturated heterocycles. The minimum absolute atomic E-state index is 0.126. The van der Waals surface area contributed by atoms with Crippen LogP contribution in [0.4, 0.5) is 0 Å². The first-order valence-corrected chi connectivity index (χ1v) is 13.3. The lowest BCUT2D eigenvalue weighted by Gasteiger charge is -2.24. The Morgan fingerprint density at radius 3 is 2.78 bits per heavy atom. The zero-order valence-electron chi connectivity index (χ0n) is 17.8. The third-order valence-electron chi connectivity index (χ3n) is 4.93. The molecular formula is C21H25BrN2O6S2. The number of pyridine rings is 1. The van der Waals surface area contributed by atoms with E-state index in [1.807, 2.05) is 26.0 Å². The maximum atomic E-state index is 13.3. The van der Waals surface area contributed by atoms with Gasteiger partial charge in [-0.1, -0.05) is 0 Å². The predicted octanol–water partition coefficient (Wildman–Crippen LogP) is 3.96. The van der Waals surface area contributed by atoms with Crippen molar-refractivity contribution in [3.63, 3.8) is 0 Å². The average molecular weight is 545 g/mol. The van der Waals surface area contributed by atoms with Crippen LogP contribution in [0.15, 0.2) is 44.7 Å². The second-order valence-electron chi connectivity index (χ2n) is 7.22. The van der Waals surface area contributed by atoms with E-state index in [2.05, 4.69) is 20.9 Å². The Balaban J connectivity index is 1.68. The highest BCUT2D eigenvalue weighted by Gasteiger charge is 2.35. The van der Waals surface area contributed by atoms with Crippen molar-refractivity contribution >= 4 is 43.7 Å². The molecular weight excluding hydrogens is 520 g/mol. The summed E-state index contributed by atoms with van der Waals surface area (Å²) in [4.78, 5) is 15.9. The molecule has 0 aliphatic carbocycles. The number of hydrogen-bond acceptors (Lipinski definition) is 7. The molecule has 11 heteroatoms. The number of sulfonamides is 1. The van der Waals surface area contributed by atoms with Crippen molar-refractivity contribution in [3.05, 3.63) is 40.5 Å². The van der Waals surface area contributed by atoms with Gasteiger partial charge < -0.3 is 14.6 Å². The van der Waals surface area contributed by atoms with Gasteiger partial charge in [0, 0.05) is 23.2 Å². The topological polar surface area (TPSA) is 106 Å². The number of halogens is 1. The average Bonchev–Trinajstić information content (AvgIpc) is 3.22. The maximum Gasteiger partial charge on any atom is 0.341 e. The summed E-state index contributed by atoms with van der Waals surface area (Å²) in [6, 6.07) is 6.93. The summed E-state index contributed by atoms with van der Waals surface area (Å²) in [5, 5.41) is 8.76. The highest BCUT2D eigenvalue weighted by atomic mass is 79.9. The highest BCUT2D eigenvalue weighted by Crippen LogP contribution is 2.33. The normalized spacial score (nSPS) is 16.8. The summed E-state index contributed by atoms with van der Waals surface area (Å²) in [7, 11) is -3.68. The Bertz CT molecular complexity index is 1080. The largest absolute Gasteiger partial charge is 0.482 e. The Morgan fingerprint density at radius 1 is 1.34 bits per heavy atom. The first-order valence-electron chi connectivity index (χ1n) is 10.1. The van der Waals surface area contributed by atoms with Crippen molar-refractivity contribution in [1.82, 2.24) is 9.29 Å². The maximum absolute atomic E-state index is 13.3. The summed E-state index contributed by atoms with van der Waals surface area (Å²) in [6.45, 7) is 4.21. The van der Waals surface area contributed by atoms with E-state index in [9.17, 15) is 13.2 Å². The van der Waals surface area contributed by atoms with Gasteiger partial charge in [0.15, 0.2) is 6.61 Å². The number of carbonyl (C=O) groups is 1. The molecule has 1 unspecified atom stereocenters. The lowest BCUT2D eigenvalue weighted by atomic mass is 10.2. The van der Waals surface area contributed by atoms with Gasteiger partial charge in [-0.25, -0.2) is 18.2 Å². The molecule has 8 nitrogen and oxygen atoms in total. The molecule has 1 N–H and O–H groups in total. The van der Waals surface area contributed by atoms with Crippen molar-refractivity contribution in [2.24, 2.45) is 0 Å². The van der Waals surface area contributed by atoms with E-state index in [0.717, 1.165) is 23.3 Å². The molecule has 0 spiro atoms. The Labute approximate surface area is 200 Å². The van der Waals surface area contributed by atoms with Gasteiger partial charge in [0.25, 0.3) is 0 Å². The van der Waals surface area contributed by atoms with Gasteiger partial charge in [-0.15, -0.1) is 11.8 Å². The number of carboxylic acid groups (broad SMARTS) is 1. The number of thioether (sulfide) groups is 1. The molecule has 1 aliphatic rings. The van der Waals surface area contributed by atoms with Gasteiger partial charge in [0.1, 0.15) is 10.6 Å². The van der Waals surface area contributed by atoms with Gasteiger partial charge in [-0.3, -0.25) is 0 Å². The molecule has 1 aliphatic heterocycles. The van der Waals surface area contributed by atoms with E-state index in [4.69, 9.17) is 14.6 Å². The number of aryl methyl sites for hydroxylation is 1. The summed E-state index contributed by atoms with van der Waals surface area (Å²) in [5.41, 5.74) is 0.831. The molecule has 32 heavy (non-hydrogen) atoms. The van der Waals surface area contributed by atoms with E-state index in [-0.39, 0.29) is 10.9 Å². The highest BCUT2D eigenvalue weighted by molar-refractivity contribution is 9.10. The molecule has 2 aromatic rings. The first-order chi connectivity index (χ1) is 15.2. The second kappa shape index (κ2) is 10.9. The molecule has 3 rings (SSSR count). The molecule has 0 radical (unpaired) electrons. The lowest BCUT2D eigenvalue weighted by molar-refractivity contribution is -0.139. The molecule has 174 valence electrons. The van der Waals surface area contributed by atoms with Crippen LogP contribution in [-0.2, 0) is 14.8 Å². The van der Waals surface area contributed by atoms with Crippen LogP contribution >= 0.6 is 27.7 Å². The number of carboxylic acids is 1. The number of rotatable bonds is 10. The SMILES string of the molecule is CCOc1ncc(S(=O)(=O)N2CCCC2CSc2ccc(OCC(=O)O)c(C)c2)cc1Br. The number of benzene rings is 1. The second-order valence-corrected chi connectivity index (χ2v) is 11.1. The van der Waals surface area contributed by atoms with Crippen molar-refractivity contribution in [2.45, 2.75) is 42.5 Å². The number of aliphatic carboxylic acids is 1. The number of hydrogen-bond donors (Lipinski definition) is 1. The summed E-state index contributed by atoms with van der Waals surface area (Å²) >= 11 is 4.91. The van der Waals surface area contributed by atoms with Crippen LogP contribution in [0.2, 0.25) is 0 Å². The number of ether oxygens (including phenoxy) is 2. The lowest BCUT2D eigenvalue weighted by Crippen LogP contribution is -2.37. The van der Waals surface area contributed by atoms with E-state index in [1.165, 1.54) is 12.3 Å². The molecule has 1 aromatic carbocycles. The van der Waals surface area contributed by atoms with Crippen molar-refractivity contribution in [1.29, 1.82) is 0 Å². The molecule has 1 atom stereocenters. The van der Waals surface area contributed by atoms with Crippen LogP contribution in [0.25, 0.3) is 0 Å². The molecule has 2 heterocycles. The van der Waals surface area contributed by atoms with Gasteiger partial charge in [-0.05, 0) is 72.4 Å². The molecule has 0 amide bonds. The fraction of sp³-hybridized carbons (Fsp3) is 0.429. The molecule has 1 aromatic heterocycles. The Kier molecular flexibility index (Phi) is 8.43. The van der Waals surface area contributed by atoms with Gasteiger partial charge in [0.2, 0.25) is 15.9 Å². The van der Waals surface area contributed by atoms with E-state index < -0.39 is 22.6 Å². The number of aromatic nitrogens is 1. The van der Waals surface area contributed by atoms with Crippen LogP contribution < -0.4 is 9.47 Å². The van der Waals surface area contributed by atoms with Crippen LogP contribution in [0.3, 0.4) is 0 Å². The van der Waals surface area contributed by atoms with Crippen molar-refractivity contribution < 1.29 is 27.8 Å². The van der Waals surface area contributed by atoms with Crippen LogP contribution in [0, 0.1) is 6.92 Å². The third-order valence-corrected chi connectivity index (χ3v) is 8.56. The summed E-state index contributed by atoms with van der Waals surface area (Å²) in [6.07, 6.45) is 2.93. The van der Waals surface area contributed by atoms with E-state index in [1.54, 1.807) is 22.1 Å². The van der Waals surface area contributed by atoms with Crippen molar-refractivity contribution in [3.8, 4) is 11.6 Å². The fourth-order valence-corrected chi connectivity index (χ4v) is 6.96. The number of nitrogens with zero attached hydrogens (tertiary/aromatic N) is 2. The van der Waals surface area contributed by atoms with E-state index in [0.29, 0.717) is 35.0 Å². The Morgan fingerprint density at radius 2 is 2.12 bits per heavy atom. The minimum Gasteiger partial charge on any atom is -0.482 e. The minimum atomic E-state index is -3.68. The van der Waals surface area contributed by atoms with Crippen LogP contribution in [0.5, 0.6) is 11.6 Å². The summed E-state index contributed by atoms with van der Waals surface area (Å²) < 4.78 is 39.2. The zero-order chi connectivity index (χ0) is 23.3. The molecule has 1 fully saturated rings. The molecule has 0 bridgehead atoms. The quantitative estimate of drug-likeness (QED) is 0.448. The van der Waals surface area contributed by atoms with Gasteiger partial charge >= 0.3 is 5.97 Å². The van der Waals surface area contributed by atoms with Crippen molar-refractivity contribution in [2.75, 3.05) is 25.5 Å². The van der Waals surface area contributed by atoms with E-state index >= 15 is 0 Å². The van der Waals surface area contributed by atoms with Gasteiger partial charge in [-0.2, -0.15) is 4.31 Å².